The van der Waals surface area contributed by atoms with Gasteiger partial charge in [0.2, 0.25) is 0 Å². The van der Waals surface area contributed by atoms with Crippen LogP contribution in [0, 0.1) is 0 Å². The highest BCUT2D eigenvalue weighted by Gasteiger charge is 2.30. The molecule has 0 aromatic heterocycles. The highest BCUT2D eigenvalue weighted by molar-refractivity contribution is 4.84. The summed E-state index contributed by atoms with van der Waals surface area (Å²) in [4.78, 5) is 2.55. The van der Waals surface area contributed by atoms with Crippen LogP contribution in [0.2, 0.25) is 0 Å². The zero-order valence-electron chi connectivity index (χ0n) is 10.2. The molecule has 2 aliphatic rings. The summed E-state index contributed by atoms with van der Waals surface area (Å²) in [5, 5.41) is 0. The summed E-state index contributed by atoms with van der Waals surface area (Å²) in [7, 11) is 1.83. The molecule has 0 aromatic rings. The first-order valence-corrected chi connectivity index (χ1v) is 6.42. The molecule has 2 fully saturated rings. The Hall–Kier alpha value is -0.160. The largest absolute Gasteiger partial charge is 0.381 e. The molecule has 4 nitrogen and oxygen atoms in total. The molecule has 0 amide bonds. The molecule has 1 saturated carbocycles. The fourth-order valence-electron chi connectivity index (χ4n) is 2.88. The van der Waals surface area contributed by atoms with Crippen LogP contribution in [0.15, 0.2) is 0 Å². The molecule has 3 unspecified atom stereocenters. The number of rotatable bonds is 3. The van der Waals surface area contributed by atoms with Crippen LogP contribution >= 0.6 is 0 Å². The molecule has 4 heteroatoms. The molecule has 3 atom stereocenters. The van der Waals surface area contributed by atoms with Gasteiger partial charge in [0.25, 0.3) is 0 Å². The van der Waals surface area contributed by atoms with E-state index in [0.29, 0.717) is 18.7 Å². The summed E-state index contributed by atoms with van der Waals surface area (Å²) in [6.07, 6.45) is 5.67. The van der Waals surface area contributed by atoms with Crippen LogP contribution in [-0.4, -0.2) is 56.5 Å². The third-order valence-electron chi connectivity index (χ3n) is 3.88. The van der Waals surface area contributed by atoms with Crippen LogP contribution in [0.25, 0.3) is 0 Å². The smallest absolute Gasteiger partial charge is 0.0824 e. The van der Waals surface area contributed by atoms with Crippen molar-refractivity contribution in [2.24, 2.45) is 5.73 Å². The van der Waals surface area contributed by atoms with Gasteiger partial charge in [-0.1, -0.05) is 0 Å². The number of hydrogen-bond donors (Lipinski definition) is 1. The van der Waals surface area contributed by atoms with Crippen LogP contribution in [0.3, 0.4) is 0 Å². The summed E-state index contributed by atoms with van der Waals surface area (Å²) in [5.41, 5.74) is 5.67. The van der Waals surface area contributed by atoms with E-state index in [0.717, 1.165) is 19.7 Å². The normalized spacial score (nSPS) is 37.5. The Bertz CT molecular complexity index is 191. The van der Waals surface area contributed by atoms with Gasteiger partial charge in [-0.15, -0.1) is 0 Å². The summed E-state index contributed by atoms with van der Waals surface area (Å²) < 4.78 is 11.1. The van der Waals surface area contributed by atoms with Crippen LogP contribution in [0.5, 0.6) is 0 Å². The van der Waals surface area contributed by atoms with E-state index in [2.05, 4.69) is 4.90 Å². The lowest BCUT2D eigenvalue weighted by Crippen LogP contribution is -2.51. The zero-order valence-corrected chi connectivity index (χ0v) is 10.2. The number of nitrogens with zero attached hydrogens (tertiary/aromatic N) is 1. The topological polar surface area (TPSA) is 47.7 Å². The molecule has 2 rings (SSSR count). The first-order valence-electron chi connectivity index (χ1n) is 6.42. The molecule has 0 aromatic carbocycles. The van der Waals surface area contributed by atoms with Gasteiger partial charge in [0, 0.05) is 32.8 Å². The van der Waals surface area contributed by atoms with Crippen molar-refractivity contribution in [1.82, 2.24) is 4.90 Å². The van der Waals surface area contributed by atoms with E-state index < -0.39 is 0 Å². The minimum Gasteiger partial charge on any atom is -0.381 e. The van der Waals surface area contributed by atoms with Crippen molar-refractivity contribution in [3.05, 3.63) is 0 Å². The summed E-state index contributed by atoms with van der Waals surface area (Å²) in [5.74, 6) is 0. The average Bonchev–Trinajstić information content (AvgIpc) is 2.39. The molecule has 2 N–H and O–H groups in total. The Labute approximate surface area is 98.1 Å². The maximum absolute atomic E-state index is 5.67. The maximum Gasteiger partial charge on any atom is 0.0824 e. The predicted octanol–water partition coefficient (Wildman–Crippen LogP) is 0.604. The van der Waals surface area contributed by atoms with Gasteiger partial charge in [-0.2, -0.15) is 0 Å². The number of nitrogens with two attached hydrogens (primary N) is 1. The molecule has 94 valence electrons. The molecule has 0 bridgehead atoms. The van der Waals surface area contributed by atoms with E-state index in [-0.39, 0.29) is 6.10 Å². The summed E-state index contributed by atoms with van der Waals surface area (Å²) in [6, 6.07) is 0.677. The predicted molar refractivity (Wildman–Crippen MR) is 63.4 cm³/mol. The number of methoxy groups -OCH3 is 1. The first-order chi connectivity index (χ1) is 7.83. The average molecular weight is 228 g/mol. The van der Waals surface area contributed by atoms with Gasteiger partial charge in [0.05, 0.1) is 18.8 Å². The Balaban J connectivity index is 1.85. The fourth-order valence-corrected chi connectivity index (χ4v) is 2.88. The van der Waals surface area contributed by atoms with E-state index in [1.54, 1.807) is 0 Å². The molecule has 0 radical (unpaired) electrons. The van der Waals surface area contributed by atoms with E-state index in [4.69, 9.17) is 15.2 Å². The second kappa shape index (κ2) is 5.96. The van der Waals surface area contributed by atoms with Crippen molar-refractivity contribution in [2.75, 3.05) is 33.4 Å². The Kier molecular flexibility index (Phi) is 4.58. The van der Waals surface area contributed by atoms with Crippen molar-refractivity contribution in [2.45, 2.75) is 43.9 Å². The van der Waals surface area contributed by atoms with Gasteiger partial charge < -0.3 is 15.2 Å². The molecular weight excluding hydrogens is 204 g/mol. The van der Waals surface area contributed by atoms with Gasteiger partial charge in [-0.05, 0) is 25.7 Å². The minimum absolute atomic E-state index is 0.233. The van der Waals surface area contributed by atoms with Gasteiger partial charge in [0.1, 0.15) is 0 Å². The Morgan fingerprint density at radius 3 is 3.06 bits per heavy atom. The summed E-state index contributed by atoms with van der Waals surface area (Å²) >= 11 is 0. The molecule has 0 spiro atoms. The van der Waals surface area contributed by atoms with E-state index >= 15 is 0 Å². The first kappa shape index (κ1) is 12.3. The summed E-state index contributed by atoms with van der Waals surface area (Å²) in [6.45, 7) is 3.52. The van der Waals surface area contributed by atoms with Crippen LogP contribution in [0.4, 0.5) is 0 Å². The highest BCUT2D eigenvalue weighted by atomic mass is 16.5. The second-order valence-corrected chi connectivity index (χ2v) is 4.90. The highest BCUT2D eigenvalue weighted by Crippen LogP contribution is 2.26. The number of hydrogen-bond acceptors (Lipinski definition) is 4. The van der Waals surface area contributed by atoms with Crippen molar-refractivity contribution < 1.29 is 9.47 Å². The third kappa shape index (κ3) is 2.94. The SMILES string of the molecule is COC1CCCC(N2CCOC(CN)C2)C1. The lowest BCUT2D eigenvalue weighted by Gasteiger charge is -2.41. The lowest BCUT2D eigenvalue weighted by atomic mass is 9.91. The molecule has 1 aliphatic carbocycles. The molecule has 1 aliphatic heterocycles. The van der Waals surface area contributed by atoms with Crippen LogP contribution in [-0.2, 0) is 9.47 Å². The maximum atomic E-state index is 5.67. The Morgan fingerprint density at radius 1 is 1.44 bits per heavy atom. The quantitative estimate of drug-likeness (QED) is 0.768. The molecule has 1 heterocycles. The second-order valence-electron chi connectivity index (χ2n) is 4.90. The van der Waals surface area contributed by atoms with E-state index in [1.165, 1.54) is 25.7 Å². The molecule has 1 saturated heterocycles. The van der Waals surface area contributed by atoms with E-state index in [9.17, 15) is 0 Å². The van der Waals surface area contributed by atoms with Crippen molar-refractivity contribution in [1.29, 1.82) is 0 Å². The number of ether oxygens (including phenoxy) is 2. The fraction of sp³-hybridized carbons (Fsp3) is 1.00. The van der Waals surface area contributed by atoms with Crippen molar-refractivity contribution >= 4 is 0 Å². The monoisotopic (exact) mass is 228 g/mol. The standard InChI is InChI=1S/C12H24N2O2/c1-15-11-4-2-3-10(7-11)14-5-6-16-12(8-13)9-14/h10-12H,2-9,13H2,1H3. The van der Waals surface area contributed by atoms with Crippen molar-refractivity contribution in [3.8, 4) is 0 Å². The van der Waals surface area contributed by atoms with Crippen LogP contribution in [0.1, 0.15) is 25.7 Å². The minimum atomic E-state index is 0.233. The molecular formula is C12H24N2O2. The zero-order chi connectivity index (χ0) is 11.4. The Morgan fingerprint density at radius 2 is 2.31 bits per heavy atom. The van der Waals surface area contributed by atoms with Crippen LogP contribution < -0.4 is 5.73 Å². The van der Waals surface area contributed by atoms with Gasteiger partial charge in [0.15, 0.2) is 0 Å². The lowest BCUT2D eigenvalue weighted by molar-refractivity contribution is -0.0564. The third-order valence-corrected chi connectivity index (χ3v) is 3.88. The van der Waals surface area contributed by atoms with Gasteiger partial charge in [-0.25, -0.2) is 0 Å². The van der Waals surface area contributed by atoms with Gasteiger partial charge >= 0.3 is 0 Å². The number of morpholine rings is 1. The van der Waals surface area contributed by atoms with Crippen molar-refractivity contribution in [3.63, 3.8) is 0 Å². The van der Waals surface area contributed by atoms with E-state index in [1.807, 2.05) is 7.11 Å². The van der Waals surface area contributed by atoms with Gasteiger partial charge in [-0.3, -0.25) is 4.90 Å². The molecule has 16 heavy (non-hydrogen) atoms.